The lowest BCUT2D eigenvalue weighted by Crippen LogP contribution is -2.35. The molecule has 1 aromatic carbocycles. The SMILES string of the molecule is c1ccc(C2=NNC(c3ccccn3)(c3ccccn3)S2)cc1. The third-order valence-electron chi connectivity index (χ3n) is 3.64. The fourth-order valence-corrected chi connectivity index (χ4v) is 3.69. The van der Waals surface area contributed by atoms with Gasteiger partial charge in [0.05, 0.1) is 11.4 Å². The van der Waals surface area contributed by atoms with Crippen molar-refractivity contribution in [2.75, 3.05) is 0 Å². The molecule has 0 bridgehead atoms. The van der Waals surface area contributed by atoms with Crippen LogP contribution in [0.1, 0.15) is 17.0 Å². The van der Waals surface area contributed by atoms with E-state index in [0.29, 0.717) is 0 Å². The molecule has 112 valence electrons. The topological polar surface area (TPSA) is 50.2 Å². The van der Waals surface area contributed by atoms with Crippen molar-refractivity contribution in [2.24, 2.45) is 5.10 Å². The Morgan fingerprint density at radius 1 is 0.739 bits per heavy atom. The van der Waals surface area contributed by atoms with Gasteiger partial charge in [-0.15, -0.1) is 0 Å². The van der Waals surface area contributed by atoms with Gasteiger partial charge in [-0.25, -0.2) is 0 Å². The summed E-state index contributed by atoms with van der Waals surface area (Å²) in [4.78, 5) is 8.48. The summed E-state index contributed by atoms with van der Waals surface area (Å²) in [6, 6.07) is 21.9. The molecule has 3 aromatic rings. The van der Waals surface area contributed by atoms with Crippen LogP contribution in [0.2, 0.25) is 0 Å². The van der Waals surface area contributed by atoms with Crippen molar-refractivity contribution in [3.63, 3.8) is 0 Å². The molecule has 1 aliphatic heterocycles. The molecule has 4 nitrogen and oxygen atoms in total. The van der Waals surface area contributed by atoms with Gasteiger partial charge in [0, 0.05) is 18.0 Å². The summed E-state index contributed by atoms with van der Waals surface area (Å²) in [6.07, 6.45) is 3.59. The van der Waals surface area contributed by atoms with Crippen LogP contribution in [0.4, 0.5) is 0 Å². The molecule has 2 aromatic heterocycles. The van der Waals surface area contributed by atoms with Crippen molar-refractivity contribution in [1.82, 2.24) is 15.4 Å². The average molecular weight is 318 g/mol. The van der Waals surface area contributed by atoms with Crippen molar-refractivity contribution < 1.29 is 0 Å². The predicted molar refractivity (Wildman–Crippen MR) is 93.0 cm³/mol. The number of pyridine rings is 2. The van der Waals surface area contributed by atoms with Gasteiger partial charge in [0.15, 0.2) is 4.87 Å². The molecule has 0 aliphatic carbocycles. The van der Waals surface area contributed by atoms with E-state index in [0.717, 1.165) is 22.0 Å². The third kappa shape index (κ3) is 2.49. The molecule has 0 spiro atoms. The van der Waals surface area contributed by atoms with Gasteiger partial charge < -0.3 is 0 Å². The minimum atomic E-state index is -0.603. The lowest BCUT2D eigenvalue weighted by molar-refractivity contribution is 0.568. The van der Waals surface area contributed by atoms with Crippen molar-refractivity contribution in [3.05, 3.63) is 96.1 Å². The largest absolute Gasteiger partial charge is 0.280 e. The smallest absolute Gasteiger partial charge is 0.190 e. The van der Waals surface area contributed by atoms with Gasteiger partial charge in [-0.2, -0.15) is 5.10 Å². The molecule has 0 amide bonds. The molecule has 5 heteroatoms. The molecular weight excluding hydrogens is 304 g/mol. The Hall–Kier alpha value is -2.66. The summed E-state index contributed by atoms with van der Waals surface area (Å²) in [5, 5.41) is 5.49. The molecule has 0 saturated carbocycles. The third-order valence-corrected chi connectivity index (χ3v) is 4.97. The molecule has 1 N–H and O–H groups in total. The number of benzene rings is 1. The lowest BCUT2D eigenvalue weighted by atomic mass is 10.1. The van der Waals surface area contributed by atoms with Gasteiger partial charge in [0.25, 0.3) is 0 Å². The molecule has 23 heavy (non-hydrogen) atoms. The Morgan fingerprint density at radius 2 is 1.35 bits per heavy atom. The minimum Gasteiger partial charge on any atom is -0.280 e. The predicted octanol–water partition coefficient (Wildman–Crippen LogP) is 3.38. The fraction of sp³-hybridized carbons (Fsp3) is 0.0556. The number of hydrogen-bond acceptors (Lipinski definition) is 5. The number of aromatic nitrogens is 2. The van der Waals surface area contributed by atoms with E-state index < -0.39 is 4.87 Å². The second-order valence-corrected chi connectivity index (χ2v) is 6.31. The molecule has 4 rings (SSSR count). The number of nitrogens with one attached hydrogen (secondary N) is 1. The summed E-state index contributed by atoms with van der Waals surface area (Å²) in [6.45, 7) is 0. The van der Waals surface area contributed by atoms with Gasteiger partial charge in [-0.05, 0) is 24.3 Å². The van der Waals surface area contributed by atoms with Crippen LogP contribution in [0.5, 0.6) is 0 Å². The van der Waals surface area contributed by atoms with E-state index in [9.17, 15) is 0 Å². The maximum absolute atomic E-state index is 4.56. The zero-order valence-electron chi connectivity index (χ0n) is 12.3. The monoisotopic (exact) mass is 318 g/mol. The molecular formula is C18H14N4S. The summed E-state index contributed by atoms with van der Waals surface area (Å²) in [7, 11) is 0. The first kappa shape index (κ1) is 14.0. The first-order chi connectivity index (χ1) is 11.4. The van der Waals surface area contributed by atoms with Gasteiger partial charge in [0.2, 0.25) is 0 Å². The van der Waals surface area contributed by atoms with Crippen LogP contribution in [-0.4, -0.2) is 15.0 Å². The van der Waals surface area contributed by atoms with Crippen molar-refractivity contribution in [1.29, 1.82) is 0 Å². The standard InChI is InChI=1S/C18H14N4S/c1-2-8-14(9-3-1)17-21-22-18(23-17,15-10-4-6-12-19-15)16-11-5-7-13-20-16/h1-13,22H. The molecule has 0 unspecified atom stereocenters. The zero-order valence-corrected chi connectivity index (χ0v) is 13.1. The second kappa shape index (κ2) is 5.85. The van der Waals surface area contributed by atoms with Crippen LogP contribution < -0.4 is 5.43 Å². The molecule has 0 fully saturated rings. The number of hydrogen-bond donors (Lipinski definition) is 1. The zero-order chi connectivity index (χ0) is 15.5. The minimum absolute atomic E-state index is 0.603. The van der Waals surface area contributed by atoms with Crippen molar-refractivity contribution in [3.8, 4) is 0 Å². The number of thioether (sulfide) groups is 1. The van der Waals surface area contributed by atoms with Gasteiger partial charge in [-0.1, -0.05) is 54.2 Å². The van der Waals surface area contributed by atoms with Crippen LogP contribution >= 0.6 is 11.8 Å². The quantitative estimate of drug-likeness (QED) is 0.804. The van der Waals surface area contributed by atoms with Gasteiger partial charge >= 0.3 is 0 Å². The van der Waals surface area contributed by atoms with Crippen molar-refractivity contribution >= 4 is 16.8 Å². The molecule has 0 atom stereocenters. The van der Waals surface area contributed by atoms with Crippen LogP contribution in [0.25, 0.3) is 0 Å². The highest BCUT2D eigenvalue weighted by Crippen LogP contribution is 2.43. The Kier molecular flexibility index (Phi) is 3.55. The van der Waals surface area contributed by atoms with E-state index in [-0.39, 0.29) is 0 Å². The van der Waals surface area contributed by atoms with E-state index in [1.54, 1.807) is 24.2 Å². The van der Waals surface area contributed by atoms with Gasteiger partial charge in [0.1, 0.15) is 5.04 Å². The average Bonchev–Trinajstić information content (AvgIpc) is 3.11. The highest BCUT2D eigenvalue weighted by atomic mass is 32.2. The Morgan fingerprint density at radius 3 is 1.91 bits per heavy atom. The summed E-state index contributed by atoms with van der Waals surface area (Å²) >= 11 is 1.63. The van der Waals surface area contributed by atoms with Crippen LogP contribution in [-0.2, 0) is 4.87 Å². The molecule has 0 radical (unpaired) electrons. The van der Waals surface area contributed by atoms with E-state index in [2.05, 4.69) is 32.6 Å². The second-order valence-electron chi connectivity index (χ2n) is 5.11. The number of rotatable bonds is 3. The molecule has 1 aliphatic rings. The van der Waals surface area contributed by atoms with E-state index >= 15 is 0 Å². The van der Waals surface area contributed by atoms with E-state index in [1.165, 1.54) is 0 Å². The Labute approximate surface area is 138 Å². The first-order valence-corrected chi connectivity index (χ1v) is 8.12. The number of nitrogens with zero attached hydrogens (tertiary/aromatic N) is 3. The molecule has 3 heterocycles. The van der Waals surface area contributed by atoms with E-state index in [4.69, 9.17) is 0 Å². The maximum atomic E-state index is 4.56. The van der Waals surface area contributed by atoms with Crippen LogP contribution in [0, 0.1) is 0 Å². The van der Waals surface area contributed by atoms with Crippen LogP contribution in [0.15, 0.2) is 84.2 Å². The Bertz CT molecular complexity index is 780. The highest BCUT2D eigenvalue weighted by Gasteiger charge is 2.43. The van der Waals surface area contributed by atoms with Crippen molar-refractivity contribution in [2.45, 2.75) is 4.87 Å². The highest BCUT2D eigenvalue weighted by molar-refractivity contribution is 8.15. The van der Waals surface area contributed by atoms with Gasteiger partial charge in [-0.3, -0.25) is 15.4 Å². The summed E-state index contributed by atoms with van der Waals surface area (Å²) in [5.74, 6) is 0. The summed E-state index contributed by atoms with van der Waals surface area (Å²) in [5.41, 5.74) is 6.13. The lowest BCUT2D eigenvalue weighted by Gasteiger charge is -2.26. The molecule has 0 saturated heterocycles. The Balaban J connectivity index is 1.78. The first-order valence-electron chi connectivity index (χ1n) is 7.31. The maximum Gasteiger partial charge on any atom is 0.190 e. The fourth-order valence-electron chi connectivity index (χ4n) is 2.52. The normalized spacial score (nSPS) is 15.7. The number of hydrazone groups is 1. The summed E-state index contributed by atoms with van der Waals surface area (Å²) < 4.78 is 0. The van der Waals surface area contributed by atoms with Crippen LogP contribution in [0.3, 0.4) is 0 Å². The van der Waals surface area contributed by atoms with E-state index in [1.807, 2.05) is 54.6 Å².